The molecule has 0 fully saturated rings. The number of aryl methyl sites for hydroxylation is 3. The highest BCUT2D eigenvalue weighted by atomic mass is 16.5. The Morgan fingerprint density at radius 2 is 1.85 bits per heavy atom. The first-order chi connectivity index (χ1) is 12.4. The van der Waals surface area contributed by atoms with E-state index in [2.05, 4.69) is 48.1 Å². The van der Waals surface area contributed by atoms with Crippen LogP contribution in [0.15, 0.2) is 18.3 Å². The second-order valence-corrected chi connectivity index (χ2v) is 6.88. The van der Waals surface area contributed by atoms with Crippen LogP contribution in [0.5, 0.6) is 5.75 Å². The molecule has 0 spiro atoms. The molecule has 3 aromatic rings. The van der Waals surface area contributed by atoms with Crippen molar-refractivity contribution in [3.05, 3.63) is 40.8 Å². The van der Waals surface area contributed by atoms with Gasteiger partial charge in [-0.25, -0.2) is 4.98 Å². The Morgan fingerprint density at radius 1 is 1.15 bits per heavy atom. The zero-order chi connectivity index (χ0) is 18.8. The summed E-state index contributed by atoms with van der Waals surface area (Å²) in [7, 11) is 1.68. The first kappa shape index (κ1) is 18.2. The predicted octanol–water partition coefficient (Wildman–Crippen LogP) is 4.71. The molecular weight excluding hydrogens is 326 g/mol. The van der Waals surface area contributed by atoms with Crippen molar-refractivity contribution in [2.24, 2.45) is 0 Å². The molecule has 1 N–H and O–H groups in total. The zero-order valence-corrected chi connectivity index (χ0v) is 16.4. The standard InChI is InChI=1S/C20H27N5O/c1-7-8-12(2)17-11-21-25-19(17)22-15(5)23-20(25)24-18-13(3)9-16(26-6)10-14(18)4/h9-12H,7-8H2,1-6H3,(H,22,23,24). The van der Waals surface area contributed by atoms with Gasteiger partial charge in [-0.1, -0.05) is 20.3 Å². The Labute approximate surface area is 154 Å². The molecule has 0 bridgehead atoms. The molecule has 0 saturated carbocycles. The van der Waals surface area contributed by atoms with Gasteiger partial charge in [-0.05, 0) is 56.4 Å². The average Bonchev–Trinajstić information content (AvgIpc) is 3.01. The lowest BCUT2D eigenvalue weighted by atomic mass is 9.99. The number of rotatable bonds is 6. The van der Waals surface area contributed by atoms with Crippen LogP contribution in [0.25, 0.3) is 5.65 Å². The van der Waals surface area contributed by atoms with E-state index in [4.69, 9.17) is 4.74 Å². The van der Waals surface area contributed by atoms with Gasteiger partial charge in [0, 0.05) is 11.3 Å². The Hall–Kier alpha value is -2.63. The highest BCUT2D eigenvalue weighted by molar-refractivity contribution is 5.66. The van der Waals surface area contributed by atoms with Crippen LogP contribution in [0.3, 0.4) is 0 Å². The number of nitrogens with zero attached hydrogens (tertiary/aromatic N) is 4. The molecule has 0 aliphatic carbocycles. The summed E-state index contributed by atoms with van der Waals surface area (Å²) in [5.41, 5.74) is 5.26. The first-order valence-electron chi connectivity index (χ1n) is 9.09. The van der Waals surface area contributed by atoms with E-state index in [-0.39, 0.29) is 0 Å². The lowest BCUT2D eigenvalue weighted by Crippen LogP contribution is -2.08. The van der Waals surface area contributed by atoms with Crippen LogP contribution in [0.4, 0.5) is 11.6 Å². The van der Waals surface area contributed by atoms with E-state index in [1.807, 2.05) is 25.3 Å². The van der Waals surface area contributed by atoms with Gasteiger partial charge in [-0.3, -0.25) is 0 Å². The summed E-state index contributed by atoms with van der Waals surface area (Å²) < 4.78 is 7.16. The van der Waals surface area contributed by atoms with E-state index in [1.165, 1.54) is 5.56 Å². The minimum atomic E-state index is 0.420. The fourth-order valence-electron chi connectivity index (χ4n) is 3.37. The monoisotopic (exact) mass is 353 g/mol. The number of benzene rings is 1. The number of fused-ring (bicyclic) bond motifs is 1. The van der Waals surface area contributed by atoms with Gasteiger partial charge in [0.05, 0.1) is 13.3 Å². The SMILES string of the molecule is CCCC(C)c1cnn2c(Nc3c(C)cc(OC)cc3C)nc(C)nc12. The number of hydrogen-bond donors (Lipinski definition) is 1. The van der Waals surface area contributed by atoms with Gasteiger partial charge in [0.25, 0.3) is 0 Å². The number of ether oxygens (including phenoxy) is 1. The normalized spacial score (nSPS) is 12.4. The molecule has 2 heterocycles. The third-order valence-electron chi connectivity index (χ3n) is 4.74. The van der Waals surface area contributed by atoms with Gasteiger partial charge in [0.2, 0.25) is 5.95 Å². The van der Waals surface area contributed by atoms with E-state index in [1.54, 1.807) is 11.6 Å². The van der Waals surface area contributed by atoms with Gasteiger partial charge in [-0.15, -0.1) is 0 Å². The number of nitrogens with one attached hydrogen (secondary N) is 1. The molecule has 0 saturated heterocycles. The molecule has 1 unspecified atom stereocenters. The molecule has 1 atom stereocenters. The molecule has 0 aliphatic heterocycles. The summed E-state index contributed by atoms with van der Waals surface area (Å²) in [5.74, 6) is 2.68. The largest absolute Gasteiger partial charge is 0.497 e. The van der Waals surface area contributed by atoms with Crippen LogP contribution in [-0.4, -0.2) is 26.7 Å². The average molecular weight is 353 g/mol. The molecule has 0 aliphatic rings. The van der Waals surface area contributed by atoms with E-state index in [0.717, 1.165) is 46.9 Å². The van der Waals surface area contributed by atoms with E-state index in [9.17, 15) is 0 Å². The summed E-state index contributed by atoms with van der Waals surface area (Å²) in [6.07, 6.45) is 4.17. The maximum Gasteiger partial charge on any atom is 0.232 e. The number of aromatic nitrogens is 4. The third kappa shape index (κ3) is 3.36. The Balaban J connectivity index is 2.06. The van der Waals surface area contributed by atoms with E-state index >= 15 is 0 Å². The third-order valence-corrected chi connectivity index (χ3v) is 4.74. The molecule has 6 nitrogen and oxygen atoms in total. The molecule has 26 heavy (non-hydrogen) atoms. The van der Waals surface area contributed by atoms with Crippen LogP contribution in [-0.2, 0) is 0 Å². The Bertz CT molecular complexity index is 908. The van der Waals surface area contributed by atoms with Crippen LogP contribution in [0.1, 0.15) is 55.1 Å². The summed E-state index contributed by atoms with van der Waals surface area (Å²) in [5, 5.41) is 8.01. The second kappa shape index (κ2) is 7.32. The van der Waals surface area contributed by atoms with Crippen molar-refractivity contribution < 1.29 is 4.74 Å². The van der Waals surface area contributed by atoms with Gasteiger partial charge in [0.15, 0.2) is 5.65 Å². The van der Waals surface area contributed by atoms with Crippen molar-refractivity contribution in [3.63, 3.8) is 0 Å². The molecule has 0 amide bonds. The maximum atomic E-state index is 5.35. The molecule has 2 aromatic heterocycles. The maximum absolute atomic E-state index is 5.35. The van der Waals surface area contributed by atoms with Crippen LogP contribution >= 0.6 is 0 Å². The Morgan fingerprint density at radius 3 is 2.46 bits per heavy atom. The smallest absolute Gasteiger partial charge is 0.232 e. The number of anilines is 2. The predicted molar refractivity (Wildman–Crippen MR) is 105 cm³/mol. The minimum Gasteiger partial charge on any atom is -0.497 e. The van der Waals surface area contributed by atoms with Crippen LogP contribution in [0.2, 0.25) is 0 Å². The van der Waals surface area contributed by atoms with E-state index in [0.29, 0.717) is 11.9 Å². The van der Waals surface area contributed by atoms with Crippen LogP contribution < -0.4 is 10.1 Å². The topological polar surface area (TPSA) is 64.3 Å². The summed E-state index contributed by atoms with van der Waals surface area (Å²) in [6, 6.07) is 4.02. The fourth-order valence-corrected chi connectivity index (χ4v) is 3.37. The minimum absolute atomic E-state index is 0.420. The quantitative estimate of drug-likeness (QED) is 0.695. The lowest BCUT2D eigenvalue weighted by Gasteiger charge is -2.15. The summed E-state index contributed by atoms with van der Waals surface area (Å²) in [6.45, 7) is 10.5. The van der Waals surface area contributed by atoms with E-state index < -0.39 is 0 Å². The summed E-state index contributed by atoms with van der Waals surface area (Å²) in [4.78, 5) is 9.23. The number of methoxy groups -OCH3 is 1. The van der Waals surface area contributed by atoms with Crippen molar-refractivity contribution in [2.75, 3.05) is 12.4 Å². The molecule has 6 heteroatoms. The zero-order valence-electron chi connectivity index (χ0n) is 16.4. The Kier molecular flexibility index (Phi) is 5.11. The first-order valence-corrected chi connectivity index (χ1v) is 9.09. The molecule has 138 valence electrons. The molecular formula is C20H27N5O. The highest BCUT2D eigenvalue weighted by Gasteiger charge is 2.17. The van der Waals surface area contributed by atoms with Gasteiger partial charge >= 0.3 is 0 Å². The van der Waals surface area contributed by atoms with Gasteiger partial charge in [-0.2, -0.15) is 14.6 Å². The number of hydrogen-bond acceptors (Lipinski definition) is 5. The fraction of sp³-hybridized carbons (Fsp3) is 0.450. The van der Waals surface area contributed by atoms with Gasteiger partial charge < -0.3 is 10.1 Å². The molecule has 1 aromatic carbocycles. The van der Waals surface area contributed by atoms with Gasteiger partial charge in [0.1, 0.15) is 11.6 Å². The summed E-state index contributed by atoms with van der Waals surface area (Å²) >= 11 is 0. The molecule has 0 radical (unpaired) electrons. The lowest BCUT2D eigenvalue weighted by molar-refractivity contribution is 0.414. The van der Waals surface area contributed by atoms with Crippen molar-refractivity contribution in [1.82, 2.24) is 19.6 Å². The van der Waals surface area contributed by atoms with Crippen molar-refractivity contribution >= 4 is 17.3 Å². The van der Waals surface area contributed by atoms with Crippen molar-refractivity contribution in [1.29, 1.82) is 0 Å². The van der Waals surface area contributed by atoms with Crippen LogP contribution in [0, 0.1) is 20.8 Å². The second-order valence-electron chi connectivity index (χ2n) is 6.88. The van der Waals surface area contributed by atoms with Crippen molar-refractivity contribution in [2.45, 2.75) is 53.4 Å². The van der Waals surface area contributed by atoms with Crippen molar-refractivity contribution in [3.8, 4) is 5.75 Å². The highest BCUT2D eigenvalue weighted by Crippen LogP contribution is 2.30. The molecule has 3 rings (SSSR count).